The maximum atomic E-state index is 5.87. The minimum atomic E-state index is -2.29. The van der Waals surface area contributed by atoms with Gasteiger partial charge in [0.1, 0.15) is 0 Å². The molecule has 7 heteroatoms. The van der Waals surface area contributed by atoms with Crippen molar-refractivity contribution in [1.82, 2.24) is 0 Å². The van der Waals surface area contributed by atoms with Gasteiger partial charge >= 0.3 is 0 Å². The van der Waals surface area contributed by atoms with E-state index in [4.69, 9.17) is 20.9 Å². The van der Waals surface area contributed by atoms with Crippen LogP contribution in [0.4, 0.5) is 0 Å². The molecule has 0 rings (SSSR count). The molecule has 1 N–H and O–H groups in total. The maximum Gasteiger partial charge on any atom is 0.248 e. The molecule has 122 valence electrons. The summed E-state index contributed by atoms with van der Waals surface area (Å²) < 4.78 is 11.7. The van der Waals surface area contributed by atoms with Crippen LogP contribution in [0.3, 0.4) is 0 Å². The quantitative estimate of drug-likeness (QED) is 0.516. The summed E-state index contributed by atoms with van der Waals surface area (Å²) >= 11 is 7.23. The lowest BCUT2D eigenvalue weighted by Gasteiger charge is -2.26. The molecule has 0 amide bonds. The van der Waals surface area contributed by atoms with Gasteiger partial charge in [0.25, 0.3) is 0 Å². The van der Waals surface area contributed by atoms with Crippen LogP contribution in [0.2, 0.25) is 0 Å². The first kappa shape index (κ1) is 23.2. The summed E-state index contributed by atoms with van der Waals surface area (Å²) in [5.74, 6) is 0. The monoisotopic (exact) mass is 361 g/mol. The Bertz CT molecular complexity index is 330. The molecule has 3 nitrogen and oxygen atoms in total. The van der Waals surface area contributed by atoms with E-state index in [1.807, 2.05) is 27.7 Å². The second-order valence-electron chi connectivity index (χ2n) is 6.13. The van der Waals surface area contributed by atoms with E-state index >= 15 is 0 Å². The number of hydrogen-bond donors (Lipinski definition) is 1. The van der Waals surface area contributed by atoms with Crippen molar-refractivity contribution in [2.45, 2.75) is 78.4 Å². The predicted octanol–water partition coefficient (Wildman–Crippen LogP) is 0.137. The maximum absolute atomic E-state index is 5.87. The van der Waals surface area contributed by atoms with E-state index in [-0.39, 0.29) is 35.4 Å². The molecule has 1 atom stereocenters. The zero-order valence-corrected chi connectivity index (χ0v) is 17.1. The van der Waals surface area contributed by atoms with Gasteiger partial charge < -0.3 is 21.5 Å². The first-order valence-corrected chi connectivity index (χ1v) is 10.8. The van der Waals surface area contributed by atoms with Gasteiger partial charge in [0.2, 0.25) is 5.69 Å². The Hall–Kier alpha value is 0.880. The Morgan fingerprint density at radius 3 is 1.75 bits per heavy atom. The van der Waals surface area contributed by atoms with Crippen LogP contribution < -0.4 is 17.4 Å². The topological polar surface area (TPSA) is 32.4 Å². The average Bonchev–Trinajstić information content (AvgIpc) is 2.09. The second-order valence-corrected chi connectivity index (χ2v) is 12.6. The van der Waals surface area contributed by atoms with Crippen LogP contribution in [0.5, 0.6) is 0 Å². The molecule has 0 saturated carbocycles. The second kappa shape index (κ2) is 9.81. The minimum absolute atomic E-state index is 0. The summed E-state index contributed by atoms with van der Waals surface area (Å²) in [5, 5.41) is 0.238. The highest BCUT2D eigenvalue weighted by molar-refractivity contribution is 8.68. The third kappa shape index (κ3) is 12.6. The Labute approximate surface area is 140 Å². The molecule has 0 bridgehead atoms. The summed E-state index contributed by atoms with van der Waals surface area (Å²) in [6, 6.07) is 0. The van der Waals surface area contributed by atoms with Crippen LogP contribution in [0.25, 0.3) is 0 Å². The van der Waals surface area contributed by atoms with Crippen LogP contribution in [0, 0.1) is 0 Å². The molecular weight excluding hydrogens is 333 g/mol. The molecule has 0 spiro atoms. The van der Waals surface area contributed by atoms with Crippen LogP contribution in [-0.2, 0) is 20.9 Å². The summed E-state index contributed by atoms with van der Waals surface area (Å²) in [6.45, 7) is 16.5. The van der Waals surface area contributed by atoms with Crippen molar-refractivity contribution in [1.29, 1.82) is 0 Å². The fourth-order valence-corrected chi connectivity index (χ4v) is 7.90. The first-order valence-electron chi connectivity index (χ1n) is 6.70. The van der Waals surface area contributed by atoms with Crippen LogP contribution in [-0.4, -0.2) is 29.2 Å². The van der Waals surface area contributed by atoms with E-state index in [0.29, 0.717) is 0 Å². The lowest BCUT2D eigenvalue weighted by atomic mass is 10.1. The minimum Gasteiger partial charge on any atom is -1.00 e. The Morgan fingerprint density at radius 1 is 1.05 bits per heavy atom. The standard InChI is InChI=1S/C13H28NO2PS2.ClH/c1-10(2)15-17(18,16-11(3)4)19-12(5)9-14-13(6,7)8;/h9-12H,1-8H3;1H. The normalized spacial score (nSPS) is 14.9. The highest BCUT2D eigenvalue weighted by Gasteiger charge is 2.27. The van der Waals surface area contributed by atoms with Gasteiger partial charge in [-0.05, 0) is 67.2 Å². The Morgan fingerprint density at radius 2 is 1.45 bits per heavy atom. The van der Waals surface area contributed by atoms with Crippen LogP contribution in [0.15, 0.2) is 0 Å². The van der Waals surface area contributed by atoms with E-state index in [0.717, 1.165) is 0 Å². The Balaban J connectivity index is 0. The number of halogens is 1. The average molecular weight is 362 g/mol. The zero-order chi connectivity index (χ0) is 15.3. The SMILES string of the molecule is CC(C)OP(=S)(OC(C)C)SC(C)C=[NH+]C(C)(C)C.[Cl-]. The van der Waals surface area contributed by atoms with Gasteiger partial charge in [0, 0.05) is 0 Å². The molecule has 0 heterocycles. The molecule has 0 fully saturated rings. The van der Waals surface area contributed by atoms with E-state index in [2.05, 4.69) is 38.9 Å². The van der Waals surface area contributed by atoms with Gasteiger partial charge in [-0.3, -0.25) is 0 Å². The summed E-state index contributed by atoms with van der Waals surface area (Å²) in [4.78, 5) is 3.37. The highest BCUT2D eigenvalue weighted by atomic mass is 35.5. The molecule has 20 heavy (non-hydrogen) atoms. The molecule has 0 saturated heterocycles. The lowest BCUT2D eigenvalue weighted by molar-refractivity contribution is -0.534. The van der Waals surface area contributed by atoms with Gasteiger partial charge in [-0.15, -0.1) is 0 Å². The largest absolute Gasteiger partial charge is 1.00 e. The van der Waals surface area contributed by atoms with Crippen molar-refractivity contribution in [2.24, 2.45) is 0 Å². The van der Waals surface area contributed by atoms with Gasteiger partial charge in [-0.25, -0.2) is 4.99 Å². The lowest BCUT2D eigenvalue weighted by Crippen LogP contribution is -3.00. The molecule has 0 radical (unpaired) electrons. The van der Waals surface area contributed by atoms with Crippen molar-refractivity contribution >= 4 is 35.1 Å². The molecule has 0 aromatic carbocycles. The van der Waals surface area contributed by atoms with Gasteiger partial charge in [0.05, 0.1) is 17.5 Å². The van der Waals surface area contributed by atoms with E-state index in [1.165, 1.54) is 0 Å². The molecular formula is C13H29ClNO2PS2. The van der Waals surface area contributed by atoms with Crippen LogP contribution >= 0.6 is 17.1 Å². The van der Waals surface area contributed by atoms with Gasteiger partial charge in [-0.2, -0.15) is 0 Å². The van der Waals surface area contributed by atoms with Crippen molar-refractivity contribution < 1.29 is 26.4 Å². The smallest absolute Gasteiger partial charge is 0.248 e. The summed E-state index contributed by atoms with van der Waals surface area (Å²) in [5.41, 5.74) is -2.23. The fraction of sp³-hybridized carbons (Fsp3) is 0.923. The molecule has 1 unspecified atom stereocenters. The number of rotatable bonds is 7. The summed E-state index contributed by atoms with van der Waals surface area (Å²) in [7, 11) is 0. The van der Waals surface area contributed by atoms with Crippen molar-refractivity contribution in [3.8, 4) is 0 Å². The van der Waals surface area contributed by atoms with Gasteiger partial charge in [0.15, 0.2) is 11.8 Å². The third-order valence-electron chi connectivity index (χ3n) is 1.73. The first-order chi connectivity index (χ1) is 8.43. The van der Waals surface area contributed by atoms with Crippen molar-refractivity contribution in [2.75, 3.05) is 0 Å². The number of hydrogen-bond acceptors (Lipinski definition) is 4. The molecule has 0 aliphatic carbocycles. The van der Waals surface area contributed by atoms with Crippen LogP contribution in [0.1, 0.15) is 55.4 Å². The molecule has 0 aliphatic heterocycles. The number of nitrogens with one attached hydrogen (secondary N) is 1. The fourth-order valence-electron chi connectivity index (χ4n) is 1.19. The zero-order valence-electron chi connectivity index (χ0n) is 13.8. The van der Waals surface area contributed by atoms with Crippen molar-refractivity contribution in [3.63, 3.8) is 0 Å². The molecule has 0 aliphatic rings. The Kier molecular flexibility index (Phi) is 11.4. The predicted molar refractivity (Wildman–Crippen MR) is 90.6 cm³/mol. The van der Waals surface area contributed by atoms with E-state index < -0.39 is 5.69 Å². The van der Waals surface area contributed by atoms with Crippen molar-refractivity contribution in [3.05, 3.63) is 0 Å². The third-order valence-corrected chi connectivity index (χ3v) is 7.39. The molecule has 0 aromatic rings. The van der Waals surface area contributed by atoms with Gasteiger partial charge in [-0.1, -0.05) is 11.4 Å². The van der Waals surface area contributed by atoms with E-state index in [9.17, 15) is 0 Å². The summed E-state index contributed by atoms with van der Waals surface area (Å²) in [6.07, 6.45) is 2.23. The molecule has 0 aromatic heterocycles. The van der Waals surface area contributed by atoms with E-state index in [1.54, 1.807) is 11.4 Å². The highest BCUT2D eigenvalue weighted by Crippen LogP contribution is 2.63.